The maximum absolute atomic E-state index is 11.8. The number of nitrogens with one attached hydrogen (secondary N) is 3. The summed E-state index contributed by atoms with van der Waals surface area (Å²) < 4.78 is 0. The molecule has 0 aromatic carbocycles. The first-order valence-corrected chi connectivity index (χ1v) is 5.82. The van der Waals surface area contributed by atoms with Crippen molar-refractivity contribution in [3.8, 4) is 0 Å². The number of rotatable bonds is 5. The highest BCUT2D eigenvalue weighted by molar-refractivity contribution is 5.95. The molecule has 8 heteroatoms. The molecule has 104 valence electrons. The number of carbonyl (C=O) groups is 2. The lowest BCUT2D eigenvalue weighted by Crippen LogP contribution is -2.40. The number of amides is 2. The maximum atomic E-state index is 11.8. The molecule has 0 aliphatic carbocycles. The van der Waals surface area contributed by atoms with Crippen LogP contribution in [0.5, 0.6) is 0 Å². The van der Waals surface area contributed by atoms with Gasteiger partial charge in [0.1, 0.15) is 5.69 Å². The molecule has 0 unspecified atom stereocenters. The summed E-state index contributed by atoms with van der Waals surface area (Å²) in [4.78, 5) is 31.1. The number of nitrogens with zero attached hydrogens (tertiary/aromatic N) is 2. The Balaban J connectivity index is 2.63. The summed E-state index contributed by atoms with van der Waals surface area (Å²) in [6.45, 7) is 5.29. The van der Waals surface area contributed by atoms with Crippen LogP contribution in [-0.4, -0.2) is 34.4 Å². The Morgan fingerprint density at radius 2 is 2.05 bits per heavy atom. The molecule has 0 saturated heterocycles. The zero-order valence-electron chi connectivity index (χ0n) is 11.2. The van der Waals surface area contributed by atoms with Crippen molar-refractivity contribution < 1.29 is 9.59 Å². The molecule has 0 atom stereocenters. The number of carbonyl (C=O) groups excluding carboxylic acids is 2. The van der Waals surface area contributed by atoms with Gasteiger partial charge in [0.05, 0.1) is 6.54 Å². The average molecular weight is 266 g/mol. The monoisotopic (exact) mass is 266 g/mol. The van der Waals surface area contributed by atoms with Crippen LogP contribution >= 0.6 is 0 Å². The third-order valence-electron chi connectivity index (χ3n) is 2.08. The van der Waals surface area contributed by atoms with Gasteiger partial charge in [-0.2, -0.15) is 0 Å². The number of nitrogen functional groups attached to an aromatic ring is 1. The third kappa shape index (κ3) is 4.88. The Hall–Kier alpha value is -2.22. The van der Waals surface area contributed by atoms with Crippen LogP contribution in [0.2, 0.25) is 0 Å². The number of anilines is 1. The van der Waals surface area contributed by atoms with Gasteiger partial charge in [-0.25, -0.2) is 15.8 Å². The normalized spacial score (nSPS) is 10.2. The van der Waals surface area contributed by atoms with E-state index in [1.54, 1.807) is 6.92 Å². The van der Waals surface area contributed by atoms with Crippen molar-refractivity contribution in [1.82, 2.24) is 20.6 Å². The third-order valence-corrected chi connectivity index (χ3v) is 2.08. The molecule has 5 N–H and O–H groups in total. The summed E-state index contributed by atoms with van der Waals surface area (Å²) >= 11 is 0. The van der Waals surface area contributed by atoms with E-state index in [0.29, 0.717) is 5.69 Å². The Morgan fingerprint density at radius 1 is 1.37 bits per heavy atom. The molecule has 0 aliphatic rings. The van der Waals surface area contributed by atoms with E-state index in [4.69, 9.17) is 5.84 Å². The summed E-state index contributed by atoms with van der Waals surface area (Å²) in [7, 11) is 0. The van der Waals surface area contributed by atoms with Crippen LogP contribution in [0.1, 0.15) is 30.0 Å². The minimum Gasteiger partial charge on any atom is -0.352 e. The fourth-order valence-corrected chi connectivity index (χ4v) is 1.37. The van der Waals surface area contributed by atoms with Crippen LogP contribution in [0.3, 0.4) is 0 Å². The Kier molecular flexibility index (Phi) is 5.19. The number of hydrogen-bond donors (Lipinski definition) is 4. The highest BCUT2D eigenvalue weighted by Crippen LogP contribution is 2.03. The molecule has 0 radical (unpaired) electrons. The highest BCUT2D eigenvalue weighted by Gasteiger charge is 2.12. The van der Waals surface area contributed by atoms with E-state index in [1.165, 1.54) is 6.07 Å². The zero-order chi connectivity index (χ0) is 14.4. The Bertz CT molecular complexity index is 474. The molecule has 1 aromatic heterocycles. The second-order valence-corrected chi connectivity index (χ2v) is 4.27. The minimum atomic E-state index is -0.457. The van der Waals surface area contributed by atoms with Crippen molar-refractivity contribution in [2.24, 2.45) is 5.84 Å². The highest BCUT2D eigenvalue weighted by atomic mass is 16.2. The van der Waals surface area contributed by atoms with Crippen molar-refractivity contribution >= 4 is 17.8 Å². The quantitative estimate of drug-likeness (QED) is 0.414. The molecule has 1 heterocycles. The van der Waals surface area contributed by atoms with E-state index in [2.05, 4.69) is 26.0 Å². The van der Waals surface area contributed by atoms with E-state index in [1.807, 2.05) is 13.8 Å². The Labute approximate surface area is 111 Å². The SMILES string of the molecule is Cc1cc(C(=O)NCC(=O)NC(C)C)nc(NN)n1. The molecule has 2 amide bonds. The van der Waals surface area contributed by atoms with Gasteiger partial charge >= 0.3 is 0 Å². The number of aromatic nitrogens is 2. The minimum absolute atomic E-state index is 0.0266. The van der Waals surface area contributed by atoms with Gasteiger partial charge in [-0.1, -0.05) is 0 Å². The summed E-state index contributed by atoms with van der Waals surface area (Å²) in [5, 5.41) is 5.14. The Morgan fingerprint density at radius 3 is 2.63 bits per heavy atom. The molecule has 0 spiro atoms. The van der Waals surface area contributed by atoms with E-state index in [0.717, 1.165) is 0 Å². The molecule has 0 fully saturated rings. The van der Waals surface area contributed by atoms with Crippen LogP contribution in [0.15, 0.2) is 6.07 Å². The first-order valence-electron chi connectivity index (χ1n) is 5.82. The van der Waals surface area contributed by atoms with Crippen molar-refractivity contribution in [3.05, 3.63) is 17.5 Å². The van der Waals surface area contributed by atoms with Gasteiger partial charge in [-0.15, -0.1) is 0 Å². The zero-order valence-corrected chi connectivity index (χ0v) is 11.2. The molecule has 0 bridgehead atoms. The second-order valence-electron chi connectivity index (χ2n) is 4.27. The topological polar surface area (TPSA) is 122 Å². The smallest absolute Gasteiger partial charge is 0.270 e. The molecule has 1 aromatic rings. The molecule has 0 aliphatic heterocycles. The van der Waals surface area contributed by atoms with Crippen molar-refractivity contribution in [2.75, 3.05) is 12.0 Å². The number of aryl methyl sites for hydroxylation is 1. The first kappa shape index (κ1) is 14.8. The molecule has 8 nitrogen and oxygen atoms in total. The van der Waals surface area contributed by atoms with E-state index in [-0.39, 0.29) is 30.1 Å². The van der Waals surface area contributed by atoms with Crippen molar-refractivity contribution in [2.45, 2.75) is 26.8 Å². The van der Waals surface area contributed by atoms with Crippen LogP contribution < -0.4 is 21.9 Å². The van der Waals surface area contributed by atoms with E-state index in [9.17, 15) is 9.59 Å². The fraction of sp³-hybridized carbons (Fsp3) is 0.455. The lowest BCUT2D eigenvalue weighted by atomic mass is 10.3. The molecular weight excluding hydrogens is 248 g/mol. The van der Waals surface area contributed by atoms with Crippen LogP contribution in [0.25, 0.3) is 0 Å². The molecule has 0 saturated carbocycles. The van der Waals surface area contributed by atoms with Gasteiger partial charge in [0.25, 0.3) is 5.91 Å². The summed E-state index contributed by atoms with van der Waals surface area (Å²) in [6.07, 6.45) is 0. The van der Waals surface area contributed by atoms with Crippen LogP contribution in [0, 0.1) is 6.92 Å². The second kappa shape index (κ2) is 6.64. The lowest BCUT2D eigenvalue weighted by molar-refractivity contribution is -0.120. The number of hydrogen-bond acceptors (Lipinski definition) is 6. The van der Waals surface area contributed by atoms with Gasteiger partial charge in [0.15, 0.2) is 0 Å². The maximum Gasteiger partial charge on any atom is 0.270 e. The molecule has 19 heavy (non-hydrogen) atoms. The van der Waals surface area contributed by atoms with Crippen molar-refractivity contribution in [3.63, 3.8) is 0 Å². The van der Waals surface area contributed by atoms with Crippen LogP contribution in [0.4, 0.5) is 5.95 Å². The first-order chi connectivity index (χ1) is 8.92. The number of nitrogens with two attached hydrogens (primary N) is 1. The predicted octanol–water partition coefficient (Wildman–Crippen LogP) is -0.675. The van der Waals surface area contributed by atoms with E-state index >= 15 is 0 Å². The van der Waals surface area contributed by atoms with Crippen LogP contribution in [-0.2, 0) is 4.79 Å². The average Bonchev–Trinajstić information content (AvgIpc) is 2.34. The summed E-state index contributed by atoms with van der Waals surface area (Å²) in [6, 6.07) is 1.54. The van der Waals surface area contributed by atoms with E-state index < -0.39 is 5.91 Å². The predicted molar refractivity (Wildman–Crippen MR) is 70.2 cm³/mol. The summed E-state index contributed by atoms with van der Waals surface area (Å²) in [5.41, 5.74) is 3.02. The lowest BCUT2D eigenvalue weighted by Gasteiger charge is -2.09. The largest absolute Gasteiger partial charge is 0.352 e. The molecule has 1 rings (SSSR count). The van der Waals surface area contributed by atoms with Crippen molar-refractivity contribution in [1.29, 1.82) is 0 Å². The fourth-order valence-electron chi connectivity index (χ4n) is 1.37. The van der Waals surface area contributed by atoms with Gasteiger partial charge in [-0.05, 0) is 26.8 Å². The number of hydrazine groups is 1. The van der Waals surface area contributed by atoms with Gasteiger partial charge in [-0.3, -0.25) is 15.0 Å². The molecular formula is C11H18N6O2. The van der Waals surface area contributed by atoms with Gasteiger partial charge in [0.2, 0.25) is 11.9 Å². The summed E-state index contributed by atoms with van der Waals surface area (Å²) in [5.74, 6) is 4.63. The van der Waals surface area contributed by atoms with Gasteiger partial charge < -0.3 is 10.6 Å². The standard InChI is InChI=1S/C11H18N6O2/c1-6(2)14-9(18)5-13-10(19)8-4-7(3)15-11(16-8)17-12/h4,6H,5,12H2,1-3H3,(H,13,19)(H,14,18)(H,15,16,17). The van der Waals surface area contributed by atoms with Gasteiger partial charge in [0, 0.05) is 11.7 Å².